The largest absolute Gasteiger partial charge is 0.492 e. The number of amidine groups is 1. The maximum Gasteiger partial charge on any atom is 0.407 e. The lowest BCUT2D eigenvalue weighted by atomic mass is 9.88. The van der Waals surface area contributed by atoms with Gasteiger partial charge in [-0.05, 0) is 109 Å². The Morgan fingerprint density at radius 3 is 2.70 bits per heavy atom. The van der Waals surface area contributed by atoms with Crippen molar-refractivity contribution in [2.45, 2.75) is 102 Å². The van der Waals surface area contributed by atoms with Gasteiger partial charge in [0.1, 0.15) is 18.0 Å². The van der Waals surface area contributed by atoms with Crippen molar-refractivity contribution in [1.82, 2.24) is 15.5 Å². The summed E-state index contributed by atoms with van der Waals surface area (Å²) in [5.41, 5.74) is 0.0469. The number of carbonyl (C=O) groups excluding carboxylic acids is 3. The van der Waals surface area contributed by atoms with Crippen LogP contribution in [-0.2, 0) is 9.53 Å². The predicted octanol–water partition coefficient (Wildman–Crippen LogP) is 5.78. The highest BCUT2D eigenvalue weighted by Crippen LogP contribution is 2.45. The van der Waals surface area contributed by atoms with E-state index in [4.69, 9.17) is 14.5 Å². The normalized spacial score (nSPS) is 28.6. The van der Waals surface area contributed by atoms with Gasteiger partial charge in [0.25, 0.3) is 5.91 Å². The third-order valence-corrected chi connectivity index (χ3v) is 10.5. The Balaban J connectivity index is 1.04. The summed E-state index contributed by atoms with van der Waals surface area (Å²) in [4.78, 5) is 45.0. The molecular weight excluding hydrogens is 564 g/mol. The van der Waals surface area contributed by atoms with Crippen LogP contribution in [0.1, 0.15) is 95.8 Å². The van der Waals surface area contributed by atoms with Gasteiger partial charge in [0.2, 0.25) is 5.91 Å². The van der Waals surface area contributed by atoms with Crippen LogP contribution in [-0.4, -0.2) is 70.6 Å². The van der Waals surface area contributed by atoms with E-state index in [9.17, 15) is 14.4 Å². The molecule has 10 heteroatoms. The molecule has 9 nitrogen and oxygen atoms in total. The second-order valence-electron chi connectivity index (χ2n) is 13.9. The van der Waals surface area contributed by atoms with E-state index >= 15 is 0 Å². The van der Waals surface area contributed by atoms with Crippen LogP contribution < -0.4 is 15.4 Å². The monoisotopic (exact) mass is 612 g/mol. The molecule has 3 amide bonds. The van der Waals surface area contributed by atoms with Crippen LogP contribution in [0.4, 0.5) is 4.79 Å². The summed E-state index contributed by atoms with van der Waals surface area (Å²) in [7, 11) is 0. The molecule has 3 unspecified atom stereocenters. The van der Waals surface area contributed by atoms with Gasteiger partial charge in [-0.2, -0.15) is 0 Å². The number of carbonyl (C=O) groups is 3. The van der Waals surface area contributed by atoms with Crippen LogP contribution in [0.3, 0.4) is 0 Å². The molecule has 2 aliphatic carbocycles. The van der Waals surface area contributed by atoms with Gasteiger partial charge in [-0.15, -0.1) is 0 Å². The zero-order valence-corrected chi connectivity index (χ0v) is 27.0. The number of rotatable bonds is 9. The zero-order chi connectivity index (χ0) is 30.6. The Kier molecular flexibility index (Phi) is 9.93. The minimum atomic E-state index is -0.551. The van der Waals surface area contributed by atoms with Crippen LogP contribution in [0, 0.1) is 17.8 Å². The topological polar surface area (TPSA) is 109 Å². The average Bonchev–Trinajstić information content (AvgIpc) is 3.41. The molecular formula is C33H48N4O5S. The summed E-state index contributed by atoms with van der Waals surface area (Å²) in [6, 6.07) is 7.58. The molecule has 2 bridgehead atoms. The Morgan fingerprint density at radius 2 is 1.95 bits per heavy atom. The number of hydrogen-bond donors (Lipinski definition) is 2. The smallest absolute Gasteiger partial charge is 0.407 e. The number of amides is 3. The Hall–Kier alpha value is -2.75. The van der Waals surface area contributed by atoms with Gasteiger partial charge < -0.3 is 25.0 Å². The van der Waals surface area contributed by atoms with Crippen LogP contribution >= 0.6 is 11.8 Å². The Morgan fingerprint density at radius 1 is 1.16 bits per heavy atom. The molecule has 2 N–H and O–H groups in total. The maximum atomic E-state index is 13.2. The van der Waals surface area contributed by atoms with E-state index in [1.54, 1.807) is 17.8 Å². The van der Waals surface area contributed by atoms with E-state index in [2.05, 4.69) is 17.6 Å². The first kappa shape index (κ1) is 31.7. The quantitative estimate of drug-likeness (QED) is 0.342. The average molecular weight is 613 g/mol. The molecule has 1 aromatic rings. The molecule has 0 radical (unpaired) electrons. The van der Waals surface area contributed by atoms with Gasteiger partial charge in [-0.1, -0.05) is 30.7 Å². The van der Waals surface area contributed by atoms with Gasteiger partial charge in [-0.3, -0.25) is 14.6 Å². The van der Waals surface area contributed by atoms with Crippen molar-refractivity contribution < 1.29 is 23.9 Å². The number of nitrogens with one attached hydrogen (secondary N) is 2. The molecule has 2 heterocycles. The summed E-state index contributed by atoms with van der Waals surface area (Å²) in [5.74, 6) is 2.71. The molecule has 4 aliphatic rings. The number of ether oxygens (including phenoxy) is 2. The van der Waals surface area contributed by atoms with Gasteiger partial charge in [0.15, 0.2) is 5.17 Å². The molecule has 1 aromatic carbocycles. The number of thioether (sulfide) groups is 1. The lowest BCUT2D eigenvalue weighted by Crippen LogP contribution is -2.39. The highest BCUT2D eigenvalue weighted by Gasteiger charge is 2.44. The highest BCUT2D eigenvalue weighted by atomic mass is 32.2. The van der Waals surface area contributed by atoms with Crippen molar-refractivity contribution in [2.75, 3.05) is 26.2 Å². The summed E-state index contributed by atoms with van der Waals surface area (Å²) < 4.78 is 10.5. The number of aliphatic imine (C=N–C) groups is 1. The Bertz CT molecular complexity index is 1210. The lowest BCUT2D eigenvalue weighted by molar-refractivity contribution is -0.121. The second kappa shape index (κ2) is 13.5. The summed E-state index contributed by atoms with van der Waals surface area (Å²) in [6.07, 6.45) is 9.63. The predicted molar refractivity (Wildman–Crippen MR) is 169 cm³/mol. The third-order valence-electron chi connectivity index (χ3n) is 9.30. The number of benzene rings is 1. The third kappa shape index (κ3) is 8.46. The molecule has 0 aromatic heterocycles. The van der Waals surface area contributed by atoms with Crippen LogP contribution in [0.5, 0.6) is 5.75 Å². The SMILES string of the molecule is CC(C)(C)OC(=O)NCCOc1cccc(C(=O)N2CCC(CCC3(C)SC(=N[C@H]4CC5CCCC4C5)NC3=O)CC2)c1. The van der Waals surface area contributed by atoms with E-state index in [0.717, 1.165) is 36.8 Å². The molecule has 0 spiro atoms. The number of alkyl carbamates (subject to hydrolysis) is 1. The highest BCUT2D eigenvalue weighted by molar-refractivity contribution is 8.16. The van der Waals surface area contributed by atoms with E-state index in [1.807, 2.05) is 43.9 Å². The summed E-state index contributed by atoms with van der Waals surface area (Å²) in [6.45, 7) is 9.49. The van der Waals surface area contributed by atoms with Crippen LogP contribution in [0.15, 0.2) is 29.3 Å². The fourth-order valence-corrected chi connectivity index (χ4v) is 8.04. The standard InChI is InChI=1S/C33H48N4O5S/c1-32(2,3)42-31(40)34-15-18-41-26-10-6-9-25(21-26)28(38)37-16-12-22(13-17-37)11-14-33(4)29(39)36-30(43-33)35-27-20-23-7-5-8-24(27)19-23/h6,9-10,21-24,27H,5,7-8,11-20H2,1-4H3,(H,34,40)(H,35,36,39)/t23?,24?,27-,33?/m0/s1. The van der Waals surface area contributed by atoms with E-state index in [0.29, 0.717) is 48.8 Å². The molecule has 43 heavy (non-hydrogen) atoms. The Labute approximate surface area is 260 Å². The van der Waals surface area contributed by atoms with Gasteiger partial charge in [-0.25, -0.2) is 4.79 Å². The first-order valence-electron chi connectivity index (χ1n) is 16.0. The fourth-order valence-electron chi connectivity index (χ4n) is 6.92. The summed E-state index contributed by atoms with van der Waals surface area (Å²) >= 11 is 1.63. The summed E-state index contributed by atoms with van der Waals surface area (Å²) in [5, 5.41) is 6.60. The number of fused-ring (bicyclic) bond motifs is 2. The van der Waals surface area contributed by atoms with Crippen LogP contribution in [0.25, 0.3) is 0 Å². The van der Waals surface area contributed by atoms with Crippen molar-refractivity contribution in [1.29, 1.82) is 0 Å². The molecule has 2 saturated carbocycles. The maximum absolute atomic E-state index is 13.2. The second-order valence-corrected chi connectivity index (χ2v) is 15.4. The van der Waals surface area contributed by atoms with Gasteiger partial charge >= 0.3 is 6.09 Å². The zero-order valence-electron chi connectivity index (χ0n) is 26.2. The number of likely N-dealkylation sites (tertiary alicyclic amines) is 1. The number of hydrogen-bond acceptors (Lipinski definition) is 7. The van der Waals surface area contributed by atoms with Crippen molar-refractivity contribution >= 4 is 34.8 Å². The minimum absolute atomic E-state index is 0.00531. The van der Waals surface area contributed by atoms with Gasteiger partial charge in [0, 0.05) is 18.7 Å². The molecule has 4 atom stereocenters. The van der Waals surface area contributed by atoms with E-state index in [1.165, 1.54) is 32.1 Å². The molecule has 2 aliphatic heterocycles. The molecule has 2 saturated heterocycles. The number of piperidine rings is 1. The van der Waals surface area contributed by atoms with Crippen molar-refractivity contribution in [3.05, 3.63) is 29.8 Å². The first-order chi connectivity index (χ1) is 20.5. The molecule has 4 fully saturated rings. The van der Waals surface area contributed by atoms with Crippen molar-refractivity contribution in [2.24, 2.45) is 22.7 Å². The van der Waals surface area contributed by atoms with E-state index < -0.39 is 16.4 Å². The lowest BCUT2D eigenvalue weighted by Gasteiger charge is -2.33. The van der Waals surface area contributed by atoms with Crippen molar-refractivity contribution in [3.8, 4) is 5.75 Å². The van der Waals surface area contributed by atoms with Gasteiger partial charge in [0.05, 0.1) is 17.3 Å². The molecule has 236 valence electrons. The van der Waals surface area contributed by atoms with E-state index in [-0.39, 0.29) is 18.4 Å². The molecule has 5 rings (SSSR count). The first-order valence-corrected chi connectivity index (χ1v) is 16.9. The number of nitrogens with zero attached hydrogens (tertiary/aromatic N) is 2. The van der Waals surface area contributed by atoms with Crippen LogP contribution in [0.2, 0.25) is 0 Å². The fraction of sp³-hybridized carbons (Fsp3) is 0.697. The van der Waals surface area contributed by atoms with Crippen molar-refractivity contribution in [3.63, 3.8) is 0 Å². The minimum Gasteiger partial charge on any atom is -0.492 e.